The SMILES string of the molecule is O=S(=O)(CCCBr)CCCCCCCCCCC1CCC1. The van der Waals surface area contributed by atoms with E-state index in [0.29, 0.717) is 11.5 Å². The molecule has 0 aromatic rings. The monoisotopic (exact) mass is 380 g/mol. The van der Waals surface area contributed by atoms with Gasteiger partial charge in [0.15, 0.2) is 0 Å². The van der Waals surface area contributed by atoms with Crippen molar-refractivity contribution in [1.82, 2.24) is 0 Å². The van der Waals surface area contributed by atoms with Gasteiger partial charge in [0.2, 0.25) is 0 Å². The molecule has 4 heteroatoms. The Morgan fingerprint density at radius 1 is 0.762 bits per heavy atom. The van der Waals surface area contributed by atoms with Crippen LogP contribution in [0.1, 0.15) is 83.5 Å². The van der Waals surface area contributed by atoms with Gasteiger partial charge in [-0.1, -0.05) is 86.6 Å². The summed E-state index contributed by atoms with van der Waals surface area (Å²) in [5.74, 6) is 1.80. The van der Waals surface area contributed by atoms with Crippen molar-refractivity contribution in [3.63, 3.8) is 0 Å². The molecular weight excluding hydrogens is 348 g/mol. The fourth-order valence-corrected chi connectivity index (χ4v) is 5.06. The number of alkyl halides is 1. The molecule has 1 saturated carbocycles. The summed E-state index contributed by atoms with van der Waals surface area (Å²) < 4.78 is 23.3. The number of unbranched alkanes of at least 4 members (excludes halogenated alkanes) is 7. The Morgan fingerprint density at radius 2 is 1.29 bits per heavy atom. The maximum atomic E-state index is 11.7. The molecule has 0 unspecified atom stereocenters. The average Bonchev–Trinajstić information content (AvgIpc) is 2.40. The summed E-state index contributed by atoms with van der Waals surface area (Å²) in [6.45, 7) is 0. The van der Waals surface area contributed by atoms with Crippen LogP contribution >= 0.6 is 15.9 Å². The number of hydrogen-bond donors (Lipinski definition) is 0. The van der Waals surface area contributed by atoms with Crippen LogP contribution in [-0.4, -0.2) is 25.3 Å². The summed E-state index contributed by atoms with van der Waals surface area (Å²) in [4.78, 5) is 0. The number of sulfone groups is 1. The minimum atomic E-state index is -2.78. The number of halogens is 1. The van der Waals surface area contributed by atoms with Gasteiger partial charge >= 0.3 is 0 Å². The molecule has 0 atom stereocenters. The van der Waals surface area contributed by atoms with E-state index in [-0.39, 0.29) is 0 Å². The van der Waals surface area contributed by atoms with Gasteiger partial charge in [-0.3, -0.25) is 0 Å². The number of rotatable bonds is 14. The molecule has 1 fully saturated rings. The lowest BCUT2D eigenvalue weighted by Crippen LogP contribution is -2.11. The molecule has 0 N–H and O–H groups in total. The second kappa shape index (κ2) is 11.9. The van der Waals surface area contributed by atoms with Crippen molar-refractivity contribution >= 4 is 25.8 Å². The van der Waals surface area contributed by atoms with Crippen molar-refractivity contribution in [3.8, 4) is 0 Å². The van der Waals surface area contributed by atoms with Crippen LogP contribution in [0, 0.1) is 5.92 Å². The minimum Gasteiger partial charge on any atom is -0.229 e. The first kappa shape index (κ1) is 19.5. The summed E-state index contributed by atoms with van der Waals surface area (Å²) >= 11 is 3.28. The van der Waals surface area contributed by atoms with E-state index in [9.17, 15) is 8.42 Å². The fourth-order valence-electron chi connectivity index (χ4n) is 2.97. The van der Waals surface area contributed by atoms with E-state index < -0.39 is 9.84 Å². The lowest BCUT2D eigenvalue weighted by molar-refractivity contribution is 0.286. The lowest BCUT2D eigenvalue weighted by Gasteiger charge is -2.24. The van der Waals surface area contributed by atoms with E-state index in [1.54, 1.807) is 0 Å². The maximum absolute atomic E-state index is 11.7. The summed E-state index contributed by atoms with van der Waals surface area (Å²) in [6, 6.07) is 0. The van der Waals surface area contributed by atoms with Crippen molar-refractivity contribution < 1.29 is 8.42 Å². The van der Waals surface area contributed by atoms with Crippen LogP contribution in [0.25, 0.3) is 0 Å². The largest absolute Gasteiger partial charge is 0.229 e. The summed E-state index contributed by atoms with van der Waals surface area (Å²) in [5.41, 5.74) is 0. The highest BCUT2D eigenvalue weighted by atomic mass is 79.9. The van der Waals surface area contributed by atoms with Gasteiger partial charge in [-0.05, 0) is 18.8 Å². The molecule has 1 aliphatic rings. The van der Waals surface area contributed by atoms with E-state index >= 15 is 0 Å². The van der Waals surface area contributed by atoms with Crippen LogP contribution in [-0.2, 0) is 9.84 Å². The molecule has 0 spiro atoms. The number of hydrogen-bond acceptors (Lipinski definition) is 2. The zero-order valence-corrected chi connectivity index (χ0v) is 15.9. The van der Waals surface area contributed by atoms with Crippen LogP contribution in [0.2, 0.25) is 0 Å². The minimum absolute atomic E-state index is 0.346. The molecule has 0 amide bonds. The van der Waals surface area contributed by atoms with Crippen molar-refractivity contribution in [3.05, 3.63) is 0 Å². The summed E-state index contributed by atoms with van der Waals surface area (Å²) in [7, 11) is -2.78. The second-order valence-corrected chi connectivity index (χ2v) is 9.71. The van der Waals surface area contributed by atoms with Crippen LogP contribution in [0.4, 0.5) is 0 Å². The van der Waals surface area contributed by atoms with Gasteiger partial charge in [0.25, 0.3) is 0 Å². The van der Waals surface area contributed by atoms with Crippen LogP contribution in [0.5, 0.6) is 0 Å². The highest BCUT2D eigenvalue weighted by Gasteiger charge is 2.15. The van der Waals surface area contributed by atoms with Crippen molar-refractivity contribution in [2.75, 3.05) is 16.8 Å². The average molecular weight is 381 g/mol. The zero-order valence-electron chi connectivity index (χ0n) is 13.5. The third-order valence-electron chi connectivity index (χ3n) is 4.63. The topological polar surface area (TPSA) is 34.1 Å². The van der Waals surface area contributed by atoms with Crippen molar-refractivity contribution in [2.24, 2.45) is 5.92 Å². The van der Waals surface area contributed by atoms with Gasteiger partial charge in [-0.15, -0.1) is 0 Å². The molecule has 2 nitrogen and oxygen atoms in total. The van der Waals surface area contributed by atoms with Crippen LogP contribution < -0.4 is 0 Å². The highest BCUT2D eigenvalue weighted by Crippen LogP contribution is 2.31. The second-order valence-electron chi connectivity index (χ2n) is 6.61. The van der Waals surface area contributed by atoms with E-state index in [0.717, 1.165) is 30.5 Å². The first-order chi connectivity index (χ1) is 10.1. The predicted molar refractivity (Wildman–Crippen MR) is 96.0 cm³/mol. The van der Waals surface area contributed by atoms with Gasteiger partial charge in [0.05, 0.1) is 11.5 Å². The van der Waals surface area contributed by atoms with E-state index in [2.05, 4.69) is 15.9 Å². The van der Waals surface area contributed by atoms with Gasteiger partial charge in [-0.25, -0.2) is 8.42 Å². The molecule has 0 aliphatic heterocycles. The van der Waals surface area contributed by atoms with Gasteiger partial charge in [0.1, 0.15) is 9.84 Å². The first-order valence-electron chi connectivity index (χ1n) is 8.90. The van der Waals surface area contributed by atoms with Crippen molar-refractivity contribution in [1.29, 1.82) is 0 Å². The molecule has 0 aromatic heterocycles. The lowest BCUT2D eigenvalue weighted by atomic mass is 9.81. The third kappa shape index (κ3) is 10.7. The van der Waals surface area contributed by atoms with E-state index in [4.69, 9.17) is 0 Å². The molecular formula is C17H33BrO2S. The van der Waals surface area contributed by atoms with Gasteiger partial charge in [-0.2, -0.15) is 0 Å². The Balaban J connectivity index is 1.79. The first-order valence-corrected chi connectivity index (χ1v) is 11.8. The molecule has 0 saturated heterocycles. The Bertz CT molecular complexity index is 337. The van der Waals surface area contributed by atoms with Crippen LogP contribution in [0.15, 0.2) is 0 Å². The Kier molecular flexibility index (Phi) is 11.1. The van der Waals surface area contributed by atoms with Crippen molar-refractivity contribution in [2.45, 2.75) is 83.5 Å². The highest BCUT2D eigenvalue weighted by molar-refractivity contribution is 9.09. The smallest absolute Gasteiger partial charge is 0.150 e. The van der Waals surface area contributed by atoms with Crippen LogP contribution in [0.3, 0.4) is 0 Å². The van der Waals surface area contributed by atoms with E-state index in [1.807, 2.05) is 0 Å². The summed E-state index contributed by atoms with van der Waals surface area (Å²) in [6.07, 6.45) is 16.6. The summed E-state index contributed by atoms with van der Waals surface area (Å²) in [5, 5.41) is 0.785. The zero-order chi connectivity index (χ0) is 15.4. The Morgan fingerprint density at radius 3 is 1.81 bits per heavy atom. The predicted octanol–water partition coefficient (Wildman–Crippen LogP) is 5.50. The molecule has 0 bridgehead atoms. The molecule has 0 heterocycles. The normalized spacial score (nSPS) is 16.0. The molecule has 126 valence electrons. The van der Waals surface area contributed by atoms with E-state index in [1.165, 1.54) is 64.2 Å². The van der Waals surface area contributed by atoms with Gasteiger partial charge < -0.3 is 0 Å². The Labute approximate surface area is 140 Å². The molecule has 21 heavy (non-hydrogen) atoms. The maximum Gasteiger partial charge on any atom is 0.150 e. The standard InChI is InChI=1S/C17H33BrO2S/c18-14-10-16-21(19,20)15-8-6-4-2-1-3-5-7-11-17-12-9-13-17/h17H,1-16H2. The molecule has 0 radical (unpaired) electrons. The molecule has 0 aromatic carbocycles. The third-order valence-corrected chi connectivity index (χ3v) is 7.01. The molecule has 1 rings (SSSR count). The fraction of sp³-hybridized carbons (Fsp3) is 1.00. The Hall–Kier alpha value is 0.430. The quantitative estimate of drug-likeness (QED) is 0.294. The molecule has 1 aliphatic carbocycles. The van der Waals surface area contributed by atoms with Gasteiger partial charge in [0, 0.05) is 5.33 Å².